The van der Waals surface area contributed by atoms with Crippen LogP contribution >= 0.6 is 0 Å². The molecule has 0 radical (unpaired) electrons. The van der Waals surface area contributed by atoms with Crippen molar-refractivity contribution in [3.63, 3.8) is 0 Å². The number of carbonyl (C=O) groups is 2. The predicted molar refractivity (Wildman–Crippen MR) is 117 cm³/mol. The van der Waals surface area contributed by atoms with Gasteiger partial charge in [0, 0.05) is 30.6 Å². The van der Waals surface area contributed by atoms with Crippen molar-refractivity contribution in [2.45, 2.75) is 76.4 Å². The van der Waals surface area contributed by atoms with E-state index in [4.69, 9.17) is 10.5 Å². The first-order chi connectivity index (χ1) is 14.3. The maximum absolute atomic E-state index is 11.9. The van der Waals surface area contributed by atoms with Crippen LogP contribution in [0.3, 0.4) is 0 Å². The van der Waals surface area contributed by atoms with E-state index in [0.717, 1.165) is 37.7 Å². The highest BCUT2D eigenvalue weighted by Crippen LogP contribution is 2.39. The second kappa shape index (κ2) is 9.48. The second-order valence-corrected chi connectivity index (χ2v) is 9.50. The summed E-state index contributed by atoms with van der Waals surface area (Å²) in [6, 6.07) is 5.67. The number of fused-ring (bicyclic) bond motifs is 1. The number of primary amides is 1. The molecule has 2 aliphatic rings. The van der Waals surface area contributed by atoms with Crippen molar-refractivity contribution in [2.24, 2.45) is 17.6 Å². The lowest BCUT2D eigenvalue weighted by atomic mass is 9.67. The Balaban J connectivity index is 1.74. The van der Waals surface area contributed by atoms with Crippen LogP contribution in [-0.2, 0) is 21.4 Å². The Morgan fingerprint density at radius 3 is 2.57 bits per heavy atom. The number of amides is 1. The van der Waals surface area contributed by atoms with Crippen molar-refractivity contribution < 1.29 is 19.4 Å². The minimum Gasteiger partial charge on any atom is -0.481 e. The molecule has 6 heteroatoms. The molecule has 0 bridgehead atoms. The topological polar surface area (TPSA) is 102 Å². The van der Waals surface area contributed by atoms with Crippen LogP contribution in [0.25, 0.3) is 0 Å². The number of carbonyl (C=O) groups excluding carboxylic acids is 1. The standard InChI is InChI=1S/C24H36N2O4/c1-24(2)19-13-17(22(25)27)10-9-16(19)14-20(30-3)21(24)26-12-11-18(23(28)29)15-7-5-4-6-8-15/h9-10,13,15,18,20-21,26H,4-8,11-12,14H2,1-3H3,(H2,25,27)(H,28,29)/t18?,20-,21+/m0/s1. The summed E-state index contributed by atoms with van der Waals surface area (Å²) in [5.74, 6) is -1.11. The van der Waals surface area contributed by atoms with Crippen molar-refractivity contribution in [1.82, 2.24) is 5.32 Å². The maximum Gasteiger partial charge on any atom is 0.306 e. The normalized spacial score (nSPS) is 24.8. The number of hydrogen-bond acceptors (Lipinski definition) is 4. The molecule has 3 atom stereocenters. The Kier molecular flexibility index (Phi) is 7.19. The first kappa shape index (κ1) is 22.8. The zero-order chi connectivity index (χ0) is 21.9. The van der Waals surface area contributed by atoms with E-state index in [1.807, 2.05) is 12.1 Å². The number of ether oxygens (including phenoxy) is 1. The van der Waals surface area contributed by atoms with Crippen LogP contribution in [0.5, 0.6) is 0 Å². The molecule has 1 amide bonds. The van der Waals surface area contributed by atoms with E-state index in [-0.39, 0.29) is 29.4 Å². The van der Waals surface area contributed by atoms with Gasteiger partial charge in [0.1, 0.15) is 0 Å². The molecule has 0 heterocycles. The van der Waals surface area contributed by atoms with E-state index in [1.54, 1.807) is 13.2 Å². The van der Waals surface area contributed by atoms with Gasteiger partial charge >= 0.3 is 5.97 Å². The summed E-state index contributed by atoms with van der Waals surface area (Å²) in [5, 5.41) is 13.4. The summed E-state index contributed by atoms with van der Waals surface area (Å²) in [6.07, 6.45) is 6.90. The van der Waals surface area contributed by atoms with Gasteiger partial charge < -0.3 is 20.9 Å². The quantitative estimate of drug-likeness (QED) is 0.604. The maximum atomic E-state index is 11.9. The zero-order valence-electron chi connectivity index (χ0n) is 18.4. The van der Waals surface area contributed by atoms with Crippen molar-refractivity contribution in [2.75, 3.05) is 13.7 Å². The number of nitrogens with two attached hydrogens (primary N) is 1. The lowest BCUT2D eigenvalue weighted by molar-refractivity contribution is -0.144. The Hall–Kier alpha value is -1.92. The van der Waals surface area contributed by atoms with Gasteiger partial charge in [0.25, 0.3) is 0 Å². The first-order valence-corrected chi connectivity index (χ1v) is 11.2. The predicted octanol–water partition coefficient (Wildman–Crippen LogP) is 3.26. The Morgan fingerprint density at radius 2 is 1.97 bits per heavy atom. The van der Waals surface area contributed by atoms with Crippen LogP contribution in [0.4, 0.5) is 0 Å². The number of nitrogens with one attached hydrogen (secondary N) is 1. The van der Waals surface area contributed by atoms with Crippen LogP contribution in [0, 0.1) is 11.8 Å². The third kappa shape index (κ3) is 4.70. The lowest BCUT2D eigenvalue weighted by Gasteiger charge is -2.45. The van der Waals surface area contributed by atoms with E-state index in [1.165, 1.54) is 12.0 Å². The number of aliphatic carboxylic acids is 1. The summed E-state index contributed by atoms with van der Waals surface area (Å²) in [5.41, 5.74) is 8.00. The highest BCUT2D eigenvalue weighted by Gasteiger charge is 2.43. The number of methoxy groups -OCH3 is 1. The van der Waals surface area contributed by atoms with Gasteiger partial charge in [0.2, 0.25) is 5.91 Å². The smallest absolute Gasteiger partial charge is 0.306 e. The van der Waals surface area contributed by atoms with E-state index in [9.17, 15) is 14.7 Å². The molecule has 166 valence electrons. The summed E-state index contributed by atoms with van der Waals surface area (Å²) in [4.78, 5) is 23.6. The summed E-state index contributed by atoms with van der Waals surface area (Å²) in [7, 11) is 1.72. The third-order valence-corrected chi connectivity index (χ3v) is 7.32. The van der Waals surface area contributed by atoms with Crippen LogP contribution in [0.2, 0.25) is 0 Å². The van der Waals surface area contributed by atoms with Gasteiger partial charge in [-0.25, -0.2) is 0 Å². The molecule has 1 aromatic carbocycles. The van der Waals surface area contributed by atoms with Crippen molar-refractivity contribution >= 4 is 11.9 Å². The van der Waals surface area contributed by atoms with Gasteiger partial charge in [0.15, 0.2) is 0 Å². The molecule has 3 rings (SSSR count). The minimum absolute atomic E-state index is 0.0129. The highest BCUT2D eigenvalue weighted by atomic mass is 16.5. The van der Waals surface area contributed by atoms with Crippen molar-refractivity contribution in [1.29, 1.82) is 0 Å². The minimum atomic E-state index is -0.675. The fourth-order valence-electron chi connectivity index (χ4n) is 5.57. The van der Waals surface area contributed by atoms with E-state index in [2.05, 4.69) is 19.2 Å². The number of benzene rings is 1. The molecule has 6 nitrogen and oxygen atoms in total. The molecule has 1 fully saturated rings. The molecule has 2 aliphatic carbocycles. The fraction of sp³-hybridized carbons (Fsp3) is 0.667. The number of hydrogen-bond donors (Lipinski definition) is 3. The van der Waals surface area contributed by atoms with E-state index < -0.39 is 11.9 Å². The molecule has 0 spiro atoms. The summed E-state index contributed by atoms with van der Waals surface area (Å²) < 4.78 is 5.82. The number of carboxylic acid groups (broad SMARTS) is 1. The summed E-state index contributed by atoms with van der Waals surface area (Å²) in [6.45, 7) is 4.93. The molecule has 0 aromatic heterocycles. The lowest BCUT2D eigenvalue weighted by Crippen LogP contribution is -2.57. The van der Waals surface area contributed by atoms with Gasteiger partial charge in [-0.15, -0.1) is 0 Å². The average molecular weight is 417 g/mol. The zero-order valence-corrected chi connectivity index (χ0v) is 18.4. The summed E-state index contributed by atoms with van der Waals surface area (Å²) >= 11 is 0. The monoisotopic (exact) mass is 416 g/mol. The molecular formula is C24H36N2O4. The number of carboxylic acids is 1. The first-order valence-electron chi connectivity index (χ1n) is 11.2. The van der Waals surface area contributed by atoms with Crippen molar-refractivity contribution in [3.05, 3.63) is 34.9 Å². The van der Waals surface area contributed by atoms with Crippen molar-refractivity contribution in [3.8, 4) is 0 Å². The SMILES string of the molecule is CO[C@H]1Cc2ccc(C(N)=O)cc2C(C)(C)[C@@H]1NCCC(C(=O)O)C1CCCCC1. The molecule has 1 saturated carbocycles. The van der Waals surface area contributed by atoms with Crippen LogP contribution in [0.1, 0.15) is 73.9 Å². The second-order valence-electron chi connectivity index (χ2n) is 9.50. The van der Waals surface area contributed by atoms with Gasteiger partial charge in [-0.05, 0) is 55.0 Å². The van der Waals surface area contributed by atoms with Crippen LogP contribution in [0.15, 0.2) is 18.2 Å². The highest BCUT2D eigenvalue weighted by molar-refractivity contribution is 5.93. The molecular weight excluding hydrogens is 380 g/mol. The third-order valence-electron chi connectivity index (χ3n) is 7.32. The van der Waals surface area contributed by atoms with Crippen LogP contribution in [-0.4, -0.2) is 42.8 Å². The molecule has 0 saturated heterocycles. The molecule has 30 heavy (non-hydrogen) atoms. The van der Waals surface area contributed by atoms with Gasteiger partial charge in [-0.3, -0.25) is 9.59 Å². The van der Waals surface area contributed by atoms with Gasteiger partial charge in [0.05, 0.1) is 12.0 Å². The largest absolute Gasteiger partial charge is 0.481 e. The Morgan fingerprint density at radius 1 is 1.27 bits per heavy atom. The Labute approximate surface area is 179 Å². The Bertz CT molecular complexity index is 770. The van der Waals surface area contributed by atoms with Gasteiger partial charge in [-0.2, -0.15) is 0 Å². The van der Waals surface area contributed by atoms with E-state index in [0.29, 0.717) is 18.5 Å². The number of rotatable bonds is 8. The molecule has 4 N–H and O–H groups in total. The fourth-order valence-corrected chi connectivity index (χ4v) is 5.57. The molecule has 1 aromatic rings. The van der Waals surface area contributed by atoms with Crippen LogP contribution < -0.4 is 11.1 Å². The average Bonchev–Trinajstić information content (AvgIpc) is 2.72. The van der Waals surface area contributed by atoms with Gasteiger partial charge in [-0.1, -0.05) is 39.2 Å². The molecule has 0 aliphatic heterocycles. The molecule has 1 unspecified atom stereocenters. The van der Waals surface area contributed by atoms with E-state index >= 15 is 0 Å².